The number of nitrogens with one attached hydrogen (secondary N) is 3. The van der Waals surface area contributed by atoms with Crippen LogP contribution in [0.4, 0.5) is 5.69 Å². The predicted octanol–water partition coefficient (Wildman–Crippen LogP) is 4.47. The number of benzene rings is 2. The maximum absolute atomic E-state index is 12.5. The molecule has 0 unspecified atom stereocenters. The Labute approximate surface area is 177 Å². The number of carbonyl (C=O) groups excluding carboxylic acids is 1. The quantitative estimate of drug-likeness (QED) is 0.415. The number of anilines is 1. The topological polar surface area (TPSA) is 95.6 Å². The molecule has 3 N–H and O–H groups in total. The fourth-order valence-corrected chi connectivity index (χ4v) is 3.31. The van der Waals surface area contributed by atoms with Gasteiger partial charge in [0.15, 0.2) is 0 Å². The van der Waals surface area contributed by atoms with Gasteiger partial charge in [0, 0.05) is 11.1 Å². The lowest BCUT2D eigenvalue weighted by Gasteiger charge is -2.06. The molecule has 0 aliphatic heterocycles. The second kappa shape index (κ2) is 8.04. The number of H-pyrrole nitrogens is 2. The average molecular weight is 422 g/mol. The van der Waals surface area contributed by atoms with Crippen LogP contribution in [0.15, 0.2) is 59.4 Å². The SMILES string of the molecule is CC(C)c1cc(/C=C/C(=O)Nc2cccc3[nH]c(=O)[nH]c23)n(-c2cccc(Cl)c2)n1. The molecule has 30 heavy (non-hydrogen) atoms. The highest BCUT2D eigenvalue weighted by Crippen LogP contribution is 2.22. The van der Waals surface area contributed by atoms with Gasteiger partial charge in [-0.2, -0.15) is 5.10 Å². The van der Waals surface area contributed by atoms with E-state index in [0.717, 1.165) is 17.1 Å². The van der Waals surface area contributed by atoms with E-state index >= 15 is 0 Å². The minimum Gasteiger partial charge on any atom is -0.321 e. The molecule has 0 saturated heterocycles. The highest BCUT2D eigenvalue weighted by molar-refractivity contribution is 6.30. The summed E-state index contributed by atoms with van der Waals surface area (Å²) in [5, 5.41) is 8.06. The first-order chi connectivity index (χ1) is 14.4. The minimum atomic E-state index is -0.325. The van der Waals surface area contributed by atoms with E-state index in [4.69, 9.17) is 11.6 Å². The zero-order chi connectivity index (χ0) is 21.3. The monoisotopic (exact) mass is 421 g/mol. The lowest BCUT2D eigenvalue weighted by Crippen LogP contribution is -2.09. The fraction of sp³-hybridized carbons (Fsp3) is 0.136. The van der Waals surface area contributed by atoms with Crippen molar-refractivity contribution < 1.29 is 4.79 Å². The Morgan fingerprint density at radius 2 is 1.97 bits per heavy atom. The molecule has 4 rings (SSSR count). The number of imidazole rings is 1. The Bertz CT molecular complexity index is 1310. The molecule has 2 heterocycles. The fourth-order valence-electron chi connectivity index (χ4n) is 3.13. The number of aromatic nitrogens is 4. The van der Waals surface area contributed by atoms with Crippen molar-refractivity contribution >= 4 is 40.3 Å². The summed E-state index contributed by atoms with van der Waals surface area (Å²) >= 11 is 6.13. The van der Waals surface area contributed by atoms with Gasteiger partial charge in [-0.15, -0.1) is 0 Å². The van der Waals surface area contributed by atoms with Gasteiger partial charge >= 0.3 is 5.69 Å². The molecular formula is C22H20ClN5O2. The standard InChI is InChI=1S/C22H20ClN5O2/c1-13(2)19-12-16(28(27-19)15-6-3-5-14(23)11-15)9-10-20(29)24-17-7-4-8-18-21(17)26-22(30)25-18/h3-13H,1-2H3,(H,24,29)(H2,25,26,30)/b10-9+. The van der Waals surface area contributed by atoms with Crippen LogP contribution in [0.3, 0.4) is 0 Å². The molecule has 0 radical (unpaired) electrons. The van der Waals surface area contributed by atoms with Crippen LogP contribution in [0.2, 0.25) is 5.02 Å². The highest BCUT2D eigenvalue weighted by Gasteiger charge is 2.12. The average Bonchev–Trinajstić information content (AvgIpc) is 3.30. The van der Waals surface area contributed by atoms with E-state index in [0.29, 0.717) is 21.7 Å². The molecule has 1 amide bonds. The lowest BCUT2D eigenvalue weighted by atomic mass is 10.1. The van der Waals surface area contributed by atoms with Gasteiger partial charge in [-0.25, -0.2) is 9.48 Å². The summed E-state index contributed by atoms with van der Waals surface area (Å²) in [5.74, 6) is -0.0936. The van der Waals surface area contributed by atoms with Crippen LogP contribution in [0.1, 0.15) is 31.2 Å². The molecule has 0 saturated carbocycles. The molecule has 8 heteroatoms. The Balaban J connectivity index is 1.63. The molecule has 0 aliphatic carbocycles. The van der Waals surface area contributed by atoms with Crippen LogP contribution in [-0.4, -0.2) is 25.7 Å². The molecular weight excluding hydrogens is 402 g/mol. The number of para-hydroxylation sites is 1. The van der Waals surface area contributed by atoms with Gasteiger partial charge in [0.1, 0.15) is 0 Å². The molecule has 0 aliphatic rings. The number of rotatable bonds is 5. The number of hydrogen-bond acceptors (Lipinski definition) is 3. The first-order valence-electron chi connectivity index (χ1n) is 9.46. The number of amides is 1. The largest absolute Gasteiger partial charge is 0.323 e. The van der Waals surface area contributed by atoms with E-state index in [2.05, 4.69) is 34.2 Å². The van der Waals surface area contributed by atoms with Crippen LogP contribution in [0.5, 0.6) is 0 Å². The van der Waals surface area contributed by atoms with E-state index in [1.807, 2.05) is 24.3 Å². The Hall–Kier alpha value is -3.58. The van der Waals surface area contributed by atoms with Crippen molar-refractivity contribution in [1.29, 1.82) is 0 Å². The Kier molecular flexibility index (Phi) is 5.29. The van der Waals surface area contributed by atoms with Crippen molar-refractivity contribution in [2.45, 2.75) is 19.8 Å². The molecule has 0 atom stereocenters. The second-order valence-corrected chi connectivity index (χ2v) is 7.61. The number of halogens is 1. The molecule has 0 bridgehead atoms. The van der Waals surface area contributed by atoms with Crippen molar-refractivity contribution in [3.05, 3.63) is 81.5 Å². The Morgan fingerprint density at radius 3 is 2.73 bits per heavy atom. The number of aromatic amines is 2. The number of fused-ring (bicyclic) bond motifs is 1. The van der Waals surface area contributed by atoms with E-state index in [1.165, 1.54) is 6.08 Å². The van der Waals surface area contributed by atoms with Gasteiger partial charge in [-0.05, 0) is 48.4 Å². The van der Waals surface area contributed by atoms with Crippen LogP contribution in [0, 0.1) is 0 Å². The van der Waals surface area contributed by atoms with Gasteiger partial charge < -0.3 is 15.3 Å². The van der Waals surface area contributed by atoms with Crippen molar-refractivity contribution in [2.75, 3.05) is 5.32 Å². The highest BCUT2D eigenvalue weighted by atomic mass is 35.5. The molecule has 7 nitrogen and oxygen atoms in total. The molecule has 0 fully saturated rings. The second-order valence-electron chi connectivity index (χ2n) is 7.17. The molecule has 2 aromatic carbocycles. The predicted molar refractivity (Wildman–Crippen MR) is 119 cm³/mol. The summed E-state index contributed by atoms with van der Waals surface area (Å²) in [6.07, 6.45) is 3.14. The van der Waals surface area contributed by atoms with E-state index in [9.17, 15) is 9.59 Å². The third-order valence-corrected chi connectivity index (χ3v) is 4.85. The summed E-state index contributed by atoms with van der Waals surface area (Å²) in [6.45, 7) is 4.12. The first-order valence-corrected chi connectivity index (χ1v) is 9.84. The molecule has 4 aromatic rings. The van der Waals surface area contributed by atoms with Crippen LogP contribution in [-0.2, 0) is 4.79 Å². The van der Waals surface area contributed by atoms with Gasteiger partial charge in [0.2, 0.25) is 5.91 Å². The third kappa shape index (κ3) is 4.06. The van der Waals surface area contributed by atoms with E-state index in [1.54, 1.807) is 35.0 Å². The normalized spacial score (nSPS) is 11.6. The summed E-state index contributed by atoms with van der Waals surface area (Å²) < 4.78 is 1.76. The number of carbonyl (C=O) groups is 1. The Morgan fingerprint density at radius 1 is 1.17 bits per heavy atom. The third-order valence-electron chi connectivity index (χ3n) is 4.61. The van der Waals surface area contributed by atoms with Crippen molar-refractivity contribution in [3.8, 4) is 5.69 Å². The zero-order valence-corrected chi connectivity index (χ0v) is 17.2. The van der Waals surface area contributed by atoms with Crippen LogP contribution < -0.4 is 11.0 Å². The minimum absolute atomic E-state index is 0.231. The maximum atomic E-state index is 12.5. The van der Waals surface area contributed by atoms with Gasteiger partial charge in [-0.3, -0.25) is 4.79 Å². The van der Waals surface area contributed by atoms with E-state index < -0.39 is 0 Å². The molecule has 152 valence electrons. The van der Waals surface area contributed by atoms with Crippen molar-refractivity contribution in [3.63, 3.8) is 0 Å². The van der Waals surface area contributed by atoms with Crippen LogP contribution >= 0.6 is 11.6 Å². The van der Waals surface area contributed by atoms with Gasteiger partial charge in [0.05, 0.1) is 33.8 Å². The summed E-state index contributed by atoms with van der Waals surface area (Å²) in [5.41, 5.74) is 3.84. The summed E-state index contributed by atoms with van der Waals surface area (Å²) in [4.78, 5) is 29.4. The number of nitrogens with zero attached hydrogens (tertiary/aromatic N) is 2. The molecule has 0 spiro atoms. The van der Waals surface area contributed by atoms with Gasteiger partial charge in [0.25, 0.3) is 0 Å². The summed E-state index contributed by atoms with van der Waals surface area (Å²) in [7, 11) is 0. The van der Waals surface area contributed by atoms with E-state index in [-0.39, 0.29) is 17.5 Å². The zero-order valence-electron chi connectivity index (χ0n) is 16.4. The lowest BCUT2D eigenvalue weighted by molar-refractivity contribution is -0.111. The van der Waals surface area contributed by atoms with Crippen molar-refractivity contribution in [1.82, 2.24) is 19.7 Å². The number of hydrogen-bond donors (Lipinski definition) is 3. The molecule has 2 aromatic heterocycles. The van der Waals surface area contributed by atoms with Gasteiger partial charge in [-0.1, -0.05) is 37.6 Å². The first kappa shape index (κ1) is 19.7. The van der Waals surface area contributed by atoms with Crippen molar-refractivity contribution in [2.24, 2.45) is 0 Å². The van der Waals surface area contributed by atoms with Crippen LogP contribution in [0.25, 0.3) is 22.8 Å². The smallest absolute Gasteiger partial charge is 0.321 e. The maximum Gasteiger partial charge on any atom is 0.323 e. The summed E-state index contributed by atoms with van der Waals surface area (Å²) in [6, 6.07) is 14.6.